The summed E-state index contributed by atoms with van der Waals surface area (Å²) < 4.78 is 26.3. The smallest absolute Gasteiger partial charge is 0.259 e. The van der Waals surface area contributed by atoms with E-state index in [9.17, 15) is 8.42 Å². The summed E-state index contributed by atoms with van der Waals surface area (Å²) >= 11 is 0. The van der Waals surface area contributed by atoms with Gasteiger partial charge in [-0.2, -0.15) is 9.40 Å². The van der Waals surface area contributed by atoms with Gasteiger partial charge in [0.1, 0.15) is 0 Å². The molecule has 2 fully saturated rings. The molecule has 18 heavy (non-hydrogen) atoms. The van der Waals surface area contributed by atoms with Crippen molar-refractivity contribution in [2.24, 2.45) is 17.6 Å². The van der Waals surface area contributed by atoms with Crippen LogP contribution in [-0.4, -0.2) is 42.1 Å². The first kappa shape index (κ1) is 12.1. The van der Waals surface area contributed by atoms with E-state index in [0.29, 0.717) is 24.9 Å². The van der Waals surface area contributed by atoms with Gasteiger partial charge in [0.15, 0.2) is 5.03 Å². The van der Waals surface area contributed by atoms with Gasteiger partial charge in [0.2, 0.25) is 0 Å². The van der Waals surface area contributed by atoms with Gasteiger partial charge in [-0.3, -0.25) is 5.10 Å². The zero-order valence-electron chi connectivity index (χ0n) is 10.1. The summed E-state index contributed by atoms with van der Waals surface area (Å²) in [5.74, 6) is 0.897. The number of hydrogen-bond acceptors (Lipinski definition) is 4. The normalized spacial score (nSPS) is 33.5. The molecule has 3 N–H and O–H groups in total. The zero-order valence-corrected chi connectivity index (χ0v) is 10.9. The van der Waals surface area contributed by atoms with Gasteiger partial charge in [-0.15, -0.1) is 0 Å². The molecule has 1 aromatic heterocycles. The maximum absolute atomic E-state index is 12.3. The number of aromatic amines is 1. The quantitative estimate of drug-likeness (QED) is 0.800. The summed E-state index contributed by atoms with van der Waals surface area (Å²) in [5.41, 5.74) is 5.96. The maximum Gasteiger partial charge on any atom is 0.259 e. The molecule has 1 unspecified atom stereocenters. The molecule has 6 nitrogen and oxygen atoms in total. The SMILES string of the molecule is NC1CC[C@@H]2CN(S(=O)(=O)c3ccn[nH]3)C[C@@H]2C1. The number of aromatic nitrogens is 2. The molecule has 0 radical (unpaired) electrons. The Kier molecular flexibility index (Phi) is 2.91. The zero-order chi connectivity index (χ0) is 12.8. The van der Waals surface area contributed by atoms with Crippen molar-refractivity contribution in [3.05, 3.63) is 12.3 Å². The Hall–Kier alpha value is -0.920. The fourth-order valence-corrected chi connectivity index (χ4v) is 4.60. The molecule has 2 heterocycles. The van der Waals surface area contributed by atoms with Crippen molar-refractivity contribution in [3.63, 3.8) is 0 Å². The Balaban J connectivity index is 1.80. The first-order valence-corrected chi connectivity index (χ1v) is 7.76. The second-order valence-corrected chi connectivity index (χ2v) is 7.24. The molecule has 0 bridgehead atoms. The van der Waals surface area contributed by atoms with Crippen LogP contribution >= 0.6 is 0 Å². The Bertz CT molecular complexity index is 513. The van der Waals surface area contributed by atoms with E-state index >= 15 is 0 Å². The van der Waals surface area contributed by atoms with Crippen molar-refractivity contribution in [2.75, 3.05) is 13.1 Å². The topological polar surface area (TPSA) is 92.1 Å². The molecule has 1 aromatic rings. The van der Waals surface area contributed by atoms with Gasteiger partial charge >= 0.3 is 0 Å². The van der Waals surface area contributed by atoms with Crippen LogP contribution in [0.25, 0.3) is 0 Å². The number of fused-ring (bicyclic) bond motifs is 1. The highest BCUT2D eigenvalue weighted by atomic mass is 32.2. The monoisotopic (exact) mass is 270 g/mol. The molecule has 1 saturated carbocycles. The second kappa shape index (κ2) is 4.32. The predicted molar refractivity (Wildman–Crippen MR) is 66.2 cm³/mol. The third-order valence-corrected chi connectivity index (χ3v) is 5.91. The van der Waals surface area contributed by atoms with Crippen molar-refractivity contribution in [2.45, 2.75) is 30.3 Å². The Morgan fingerprint density at radius 3 is 2.83 bits per heavy atom. The highest BCUT2D eigenvalue weighted by molar-refractivity contribution is 7.89. The van der Waals surface area contributed by atoms with Gasteiger partial charge in [0.25, 0.3) is 10.0 Å². The van der Waals surface area contributed by atoms with E-state index in [4.69, 9.17) is 5.73 Å². The van der Waals surface area contributed by atoms with Crippen LogP contribution in [0.2, 0.25) is 0 Å². The van der Waals surface area contributed by atoms with Gasteiger partial charge in [-0.25, -0.2) is 8.42 Å². The summed E-state index contributed by atoms with van der Waals surface area (Å²) in [6.07, 6.45) is 4.46. The van der Waals surface area contributed by atoms with Crippen molar-refractivity contribution in [1.82, 2.24) is 14.5 Å². The first-order chi connectivity index (χ1) is 8.57. The number of nitrogens with zero attached hydrogens (tertiary/aromatic N) is 2. The number of nitrogens with one attached hydrogen (secondary N) is 1. The minimum atomic E-state index is -3.40. The molecule has 100 valence electrons. The van der Waals surface area contributed by atoms with E-state index in [1.54, 1.807) is 4.31 Å². The molecule has 0 amide bonds. The van der Waals surface area contributed by atoms with Crippen LogP contribution in [0.15, 0.2) is 17.3 Å². The number of H-pyrrole nitrogens is 1. The van der Waals surface area contributed by atoms with Crippen LogP contribution in [0.1, 0.15) is 19.3 Å². The Morgan fingerprint density at radius 2 is 2.11 bits per heavy atom. The number of sulfonamides is 1. The summed E-state index contributed by atoms with van der Waals surface area (Å²) in [6, 6.07) is 1.74. The largest absolute Gasteiger partial charge is 0.328 e. The highest BCUT2D eigenvalue weighted by Crippen LogP contribution is 2.37. The molecule has 1 aliphatic heterocycles. The van der Waals surface area contributed by atoms with Crippen LogP contribution in [0, 0.1) is 11.8 Å². The highest BCUT2D eigenvalue weighted by Gasteiger charge is 2.41. The average Bonchev–Trinajstić information content (AvgIpc) is 2.97. The van der Waals surface area contributed by atoms with Gasteiger partial charge in [-0.1, -0.05) is 0 Å². The molecule has 2 aliphatic rings. The van der Waals surface area contributed by atoms with Crippen LogP contribution < -0.4 is 5.73 Å². The molecule has 3 atom stereocenters. The van der Waals surface area contributed by atoms with Crippen molar-refractivity contribution >= 4 is 10.0 Å². The fourth-order valence-electron chi connectivity index (χ4n) is 3.15. The number of hydrogen-bond donors (Lipinski definition) is 2. The van der Waals surface area contributed by atoms with Gasteiger partial charge in [0.05, 0.1) is 6.20 Å². The molecular formula is C11H18N4O2S. The van der Waals surface area contributed by atoms with E-state index in [1.807, 2.05) is 0 Å². The van der Waals surface area contributed by atoms with Gasteiger partial charge < -0.3 is 5.73 Å². The molecule has 3 rings (SSSR count). The third kappa shape index (κ3) is 1.96. The van der Waals surface area contributed by atoms with Crippen LogP contribution in [0.3, 0.4) is 0 Å². The number of rotatable bonds is 2. The standard InChI is InChI=1S/C11H18N4O2S/c12-10-2-1-8-6-15(7-9(8)5-10)18(16,17)11-3-4-13-14-11/h3-4,8-10H,1-2,5-7,12H2,(H,13,14)/t8-,9+,10?/m1/s1. The lowest BCUT2D eigenvalue weighted by Crippen LogP contribution is -2.32. The van der Waals surface area contributed by atoms with Crippen LogP contribution in [-0.2, 0) is 10.0 Å². The predicted octanol–water partition coefficient (Wildman–Crippen LogP) is 0.158. The van der Waals surface area contributed by atoms with Crippen molar-refractivity contribution in [3.8, 4) is 0 Å². The first-order valence-electron chi connectivity index (χ1n) is 6.32. The summed E-state index contributed by atoms with van der Waals surface area (Å²) in [7, 11) is -3.40. The fraction of sp³-hybridized carbons (Fsp3) is 0.727. The van der Waals surface area contributed by atoms with E-state index < -0.39 is 10.0 Å². The average molecular weight is 270 g/mol. The summed E-state index contributed by atoms with van der Waals surface area (Å²) in [4.78, 5) is 0. The lowest BCUT2D eigenvalue weighted by molar-refractivity contribution is 0.271. The Morgan fingerprint density at radius 1 is 1.33 bits per heavy atom. The molecule has 0 aromatic carbocycles. The minimum absolute atomic E-state index is 0.186. The van der Waals surface area contributed by atoms with E-state index in [-0.39, 0.29) is 11.1 Å². The van der Waals surface area contributed by atoms with Gasteiger partial charge in [-0.05, 0) is 37.2 Å². The maximum atomic E-state index is 12.3. The van der Waals surface area contributed by atoms with Crippen molar-refractivity contribution in [1.29, 1.82) is 0 Å². The number of nitrogens with two attached hydrogens (primary N) is 1. The third-order valence-electron chi connectivity index (χ3n) is 4.15. The molecule has 1 saturated heterocycles. The van der Waals surface area contributed by atoms with E-state index in [2.05, 4.69) is 10.2 Å². The molecule has 0 spiro atoms. The lowest BCUT2D eigenvalue weighted by Gasteiger charge is -2.28. The van der Waals surface area contributed by atoms with E-state index in [0.717, 1.165) is 19.3 Å². The van der Waals surface area contributed by atoms with Crippen LogP contribution in [0.4, 0.5) is 0 Å². The van der Waals surface area contributed by atoms with E-state index in [1.165, 1.54) is 12.3 Å². The lowest BCUT2D eigenvalue weighted by atomic mass is 9.79. The summed E-state index contributed by atoms with van der Waals surface area (Å²) in [5, 5.41) is 6.44. The minimum Gasteiger partial charge on any atom is -0.328 e. The molecule has 7 heteroatoms. The molecule has 1 aliphatic carbocycles. The Labute approximate surface area is 107 Å². The van der Waals surface area contributed by atoms with Gasteiger partial charge in [0, 0.05) is 19.1 Å². The second-order valence-electron chi connectivity index (χ2n) is 5.34. The van der Waals surface area contributed by atoms with Crippen LogP contribution in [0.5, 0.6) is 0 Å². The summed E-state index contributed by atoms with van der Waals surface area (Å²) in [6.45, 7) is 1.22. The molecular weight excluding hydrogens is 252 g/mol. The van der Waals surface area contributed by atoms with Crippen molar-refractivity contribution < 1.29 is 8.42 Å².